The van der Waals surface area contributed by atoms with E-state index in [0.29, 0.717) is 38.4 Å². The van der Waals surface area contributed by atoms with Gasteiger partial charge in [-0.1, -0.05) is 23.4 Å². The summed E-state index contributed by atoms with van der Waals surface area (Å²) in [5, 5.41) is 38.3. The fourth-order valence-corrected chi connectivity index (χ4v) is 4.77. The third kappa shape index (κ3) is 7.99. The minimum absolute atomic E-state index is 0.0220. The van der Waals surface area contributed by atoms with Gasteiger partial charge in [0.1, 0.15) is 18.3 Å². The van der Waals surface area contributed by atoms with Gasteiger partial charge in [-0.2, -0.15) is 0 Å². The lowest BCUT2D eigenvalue weighted by Crippen LogP contribution is -2.56. The molecule has 0 unspecified atom stereocenters. The largest absolute Gasteiger partial charge is 0.456 e. The zero-order valence-electron chi connectivity index (χ0n) is 23.0. The molecule has 1 fully saturated rings. The van der Waals surface area contributed by atoms with Crippen LogP contribution in [0.2, 0.25) is 0 Å². The smallest absolute Gasteiger partial charge is 0.338 e. The number of aliphatic hydroxyl groups excluding tert-OH is 3. The Morgan fingerprint density at radius 2 is 1.21 bits per heavy atom. The molecule has 13 heteroatoms. The molecule has 220 valence electrons. The van der Waals surface area contributed by atoms with E-state index in [0.717, 1.165) is 23.6 Å². The van der Waals surface area contributed by atoms with Gasteiger partial charge in [0.05, 0.1) is 29.3 Å². The molecule has 3 N–H and O–H groups in total. The maximum atomic E-state index is 11.8. The maximum Gasteiger partial charge on any atom is 0.338 e. The second-order valence-electron chi connectivity index (χ2n) is 10.2. The molecule has 0 spiro atoms. The van der Waals surface area contributed by atoms with Crippen LogP contribution in [-0.2, 0) is 42.3 Å². The highest BCUT2D eigenvalue weighted by molar-refractivity contribution is 5.76. The lowest BCUT2D eigenvalue weighted by atomic mass is 9.99. The second kappa shape index (κ2) is 14.2. The molecule has 0 radical (unpaired) electrons. The highest BCUT2D eigenvalue weighted by Gasteiger charge is 2.43. The summed E-state index contributed by atoms with van der Waals surface area (Å²) in [6.45, 7) is 3.75. The molecule has 5 heterocycles. The number of hydrogen-bond acceptors (Lipinski definition) is 12. The lowest BCUT2D eigenvalue weighted by molar-refractivity contribution is -0.204. The van der Waals surface area contributed by atoms with E-state index >= 15 is 0 Å². The van der Waals surface area contributed by atoms with Gasteiger partial charge in [-0.15, -0.1) is 5.10 Å². The summed E-state index contributed by atoms with van der Waals surface area (Å²) < 4.78 is 6.55. The van der Waals surface area contributed by atoms with Crippen molar-refractivity contribution in [2.24, 2.45) is 0 Å². The molecule has 0 bridgehead atoms. The van der Waals surface area contributed by atoms with Crippen LogP contribution >= 0.6 is 0 Å². The zero-order valence-corrected chi connectivity index (χ0v) is 23.0. The van der Waals surface area contributed by atoms with Crippen molar-refractivity contribution >= 4 is 5.97 Å². The zero-order chi connectivity index (χ0) is 29.3. The minimum Gasteiger partial charge on any atom is -0.456 e. The molecule has 0 amide bonds. The van der Waals surface area contributed by atoms with Gasteiger partial charge in [0.25, 0.3) is 0 Å². The van der Waals surface area contributed by atoms with Gasteiger partial charge >= 0.3 is 5.97 Å². The van der Waals surface area contributed by atoms with Gasteiger partial charge in [-0.25, -0.2) is 9.48 Å². The second-order valence-corrected chi connectivity index (χ2v) is 10.2. The normalized spacial score (nSPS) is 20.6. The van der Waals surface area contributed by atoms with Crippen LogP contribution < -0.4 is 0 Å². The molecule has 4 aromatic rings. The van der Waals surface area contributed by atoms with Gasteiger partial charge in [0.15, 0.2) is 6.10 Å². The number of aliphatic hydroxyl groups is 3. The molecule has 0 aromatic carbocycles. The van der Waals surface area contributed by atoms with E-state index in [2.05, 4.69) is 35.1 Å². The van der Waals surface area contributed by atoms with Crippen molar-refractivity contribution in [2.45, 2.75) is 57.1 Å². The van der Waals surface area contributed by atoms with E-state index in [1.54, 1.807) is 24.8 Å². The van der Waals surface area contributed by atoms with Crippen molar-refractivity contribution in [3.63, 3.8) is 0 Å². The standard InChI is InChI=1S/C29H34N8O5/c38-26-25(42-29(41)28(40)27(26)39)20-37-19-24(33-34-37)18-36(17-23-9-3-6-12-32-23)14-13-35(15-21-7-1-4-10-30-21)16-22-8-2-5-11-31-22/h1-12,19,25-28,38-40H,13-18,20H2/t25-,26+,27+,28-/m1/s1. The Bertz CT molecular complexity index is 1350. The van der Waals surface area contributed by atoms with Gasteiger partial charge in [-0.3, -0.25) is 24.8 Å². The molecule has 13 nitrogen and oxygen atoms in total. The summed E-state index contributed by atoms with van der Waals surface area (Å²) in [7, 11) is 0. The van der Waals surface area contributed by atoms with Crippen LogP contribution in [0.1, 0.15) is 22.8 Å². The van der Waals surface area contributed by atoms with Crippen LogP contribution in [0, 0.1) is 0 Å². The monoisotopic (exact) mass is 574 g/mol. The lowest BCUT2D eigenvalue weighted by Gasteiger charge is -2.33. The van der Waals surface area contributed by atoms with Crippen molar-refractivity contribution in [3.8, 4) is 0 Å². The third-order valence-corrected chi connectivity index (χ3v) is 6.97. The first-order chi connectivity index (χ1) is 20.4. The van der Waals surface area contributed by atoms with Crippen molar-refractivity contribution in [2.75, 3.05) is 13.1 Å². The Labute approximate surface area is 243 Å². The van der Waals surface area contributed by atoms with Crippen LogP contribution in [0.25, 0.3) is 0 Å². The number of hydrogen-bond donors (Lipinski definition) is 3. The van der Waals surface area contributed by atoms with E-state index in [1.807, 2.05) is 54.6 Å². The van der Waals surface area contributed by atoms with Gasteiger partial charge < -0.3 is 20.1 Å². The van der Waals surface area contributed by atoms with Crippen molar-refractivity contribution in [3.05, 3.63) is 102 Å². The molecule has 0 saturated carbocycles. The topological polar surface area (TPSA) is 163 Å². The Balaban J connectivity index is 1.27. The quantitative estimate of drug-likeness (QED) is 0.186. The predicted octanol–water partition coefficient (Wildman–Crippen LogP) is 0.176. The van der Waals surface area contributed by atoms with E-state index < -0.39 is 30.4 Å². The van der Waals surface area contributed by atoms with Gasteiger partial charge in [0.2, 0.25) is 0 Å². The number of esters is 1. The number of aromatic nitrogens is 6. The van der Waals surface area contributed by atoms with Crippen molar-refractivity contribution < 1.29 is 24.9 Å². The first-order valence-corrected chi connectivity index (χ1v) is 13.7. The molecule has 5 rings (SSSR count). The Kier molecular flexibility index (Phi) is 9.90. The summed E-state index contributed by atoms with van der Waals surface area (Å²) in [5.74, 6) is -0.986. The Hall–Kier alpha value is -4.14. The molecule has 1 saturated heterocycles. The Morgan fingerprint density at radius 3 is 1.69 bits per heavy atom. The molecular weight excluding hydrogens is 540 g/mol. The van der Waals surface area contributed by atoms with Gasteiger partial charge in [0, 0.05) is 64.1 Å². The average Bonchev–Trinajstić information content (AvgIpc) is 3.45. The average molecular weight is 575 g/mol. The number of pyridine rings is 3. The molecule has 1 aliphatic heterocycles. The molecular formula is C29H34N8O5. The highest BCUT2D eigenvalue weighted by atomic mass is 16.6. The Morgan fingerprint density at radius 1 is 0.714 bits per heavy atom. The first-order valence-electron chi connectivity index (χ1n) is 13.7. The van der Waals surface area contributed by atoms with Crippen molar-refractivity contribution in [1.82, 2.24) is 39.7 Å². The molecule has 0 aliphatic carbocycles. The van der Waals surface area contributed by atoms with Crippen molar-refractivity contribution in [1.29, 1.82) is 0 Å². The highest BCUT2D eigenvalue weighted by Crippen LogP contribution is 2.18. The maximum absolute atomic E-state index is 11.8. The van der Waals surface area contributed by atoms with Crippen LogP contribution in [0.15, 0.2) is 79.4 Å². The van der Waals surface area contributed by atoms with Crippen LogP contribution in [0.3, 0.4) is 0 Å². The number of rotatable bonds is 13. The van der Waals surface area contributed by atoms with Crippen LogP contribution in [0.5, 0.6) is 0 Å². The summed E-state index contributed by atoms with van der Waals surface area (Å²) in [6, 6.07) is 17.6. The third-order valence-electron chi connectivity index (χ3n) is 6.97. The van der Waals surface area contributed by atoms with E-state index in [4.69, 9.17) is 4.74 Å². The number of nitrogens with zero attached hydrogens (tertiary/aromatic N) is 8. The van der Waals surface area contributed by atoms with Crippen LogP contribution in [0.4, 0.5) is 0 Å². The SMILES string of the molecule is O=C1O[C@H](Cn2cc(CN(CCN(Cc3ccccn3)Cc3ccccn3)Cc3ccccn3)nn2)[C@H](O)[C@H](O)[C@H]1O. The number of carbonyl (C=O) groups is 1. The van der Waals surface area contributed by atoms with E-state index in [1.165, 1.54) is 4.68 Å². The summed E-state index contributed by atoms with van der Waals surface area (Å²) in [6.07, 6.45) is 1.13. The minimum atomic E-state index is -1.78. The molecule has 1 aliphatic rings. The number of ether oxygens (including phenoxy) is 1. The van der Waals surface area contributed by atoms with E-state index in [-0.39, 0.29) is 6.54 Å². The predicted molar refractivity (Wildman–Crippen MR) is 149 cm³/mol. The molecule has 4 aromatic heterocycles. The molecule has 42 heavy (non-hydrogen) atoms. The fourth-order valence-electron chi connectivity index (χ4n) is 4.77. The first kappa shape index (κ1) is 29.4. The summed E-state index contributed by atoms with van der Waals surface area (Å²) >= 11 is 0. The summed E-state index contributed by atoms with van der Waals surface area (Å²) in [4.78, 5) is 29.8. The number of cyclic esters (lactones) is 1. The van der Waals surface area contributed by atoms with Gasteiger partial charge in [-0.05, 0) is 36.4 Å². The van der Waals surface area contributed by atoms with Crippen LogP contribution in [-0.4, -0.2) is 98.5 Å². The summed E-state index contributed by atoms with van der Waals surface area (Å²) in [5.41, 5.74) is 3.52. The molecule has 4 atom stereocenters. The number of carbonyl (C=O) groups excluding carboxylic acids is 1. The fraction of sp³-hybridized carbons (Fsp3) is 0.379. The van der Waals surface area contributed by atoms with E-state index in [9.17, 15) is 20.1 Å².